The number of hydrogen-bond acceptors (Lipinski definition) is 0. The van der Waals surface area contributed by atoms with Gasteiger partial charge in [-0.15, -0.1) is 0 Å². The molecule has 0 nitrogen and oxygen atoms in total. The van der Waals surface area contributed by atoms with Crippen molar-refractivity contribution in [1.29, 1.82) is 0 Å². The van der Waals surface area contributed by atoms with Crippen LogP contribution in [-0.4, -0.2) is 0 Å². The third-order valence-electron chi connectivity index (χ3n) is 1.45. The summed E-state index contributed by atoms with van der Waals surface area (Å²) in [5.74, 6) is -0.201. The van der Waals surface area contributed by atoms with E-state index in [4.69, 9.17) is 0 Å². The summed E-state index contributed by atoms with van der Waals surface area (Å²) in [6.07, 6.45) is 1.44. The van der Waals surface area contributed by atoms with Gasteiger partial charge >= 0.3 is 0 Å². The minimum Gasteiger partial charge on any atom is -0.207 e. The number of allylic oxidation sites excluding steroid dienone is 3. The summed E-state index contributed by atoms with van der Waals surface area (Å²) < 4.78 is 12.8. The summed E-state index contributed by atoms with van der Waals surface area (Å²) in [7, 11) is 0. The Bertz CT molecular complexity index is 158. The third kappa shape index (κ3) is 2.34. The first kappa shape index (κ1) is 9.41. The lowest BCUT2D eigenvalue weighted by atomic mass is 9.87. The monoisotopic (exact) mass is 142 g/mol. The summed E-state index contributed by atoms with van der Waals surface area (Å²) in [5.41, 5.74) is 0.409. The predicted molar refractivity (Wildman–Crippen MR) is 43.5 cm³/mol. The smallest absolute Gasteiger partial charge is 0.122 e. The molecule has 0 fully saturated rings. The average molecular weight is 142 g/mol. The zero-order chi connectivity index (χ0) is 8.36. The average Bonchev–Trinajstić information content (AvgIpc) is 1.83. The Morgan fingerprint density at radius 2 is 1.80 bits per heavy atom. The summed E-state index contributed by atoms with van der Waals surface area (Å²) in [6.45, 7) is 11.2. The van der Waals surface area contributed by atoms with Crippen LogP contribution in [0.2, 0.25) is 0 Å². The summed E-state index contributed by atoms with van der Waals surface area (Å²) in [4.78, 5) is 0. The van der Waals surface area contributed by atoms with Crippen LogP contribution in [0.5, 0.6) is 0 Å². The van der Waals surface area contributed by atoms with E-state index in [9.17, 15) is 4.39 Å². The minimum absolute atomic E-state index is 0.156. The van der Waals surface area contributed by atoms with E-state index in [1.54, 1.807) is 6.92 Å². The molecule has 0 bridgehead atoms. The van der Waals surface area contributed by atoms with Crippen molar-refractivity contribution in [3.8, 4) is 0 Å². The molecule has 0 saturated heterocycles. The van der Waals surface area contributed by atoms with Crippen LogP contribution in [-0.2, 0) is 0 Å². The molecular weight excluding hydrogens is 127 g/mol. The van der Waals surface area contributed by atoms with Gasteiger partial charge in [0.25, 0.3) is 0 Å². The highest BCUT2D eigenvalue weighted by Gasteiger charge is 2.17. The van der Waals surface area contributed by atoms with Crippen molar-refractivity contribution in [3.63, 3.8) is 0 Å². The fourth-order valence-electron chi connectivity index (χ4n) is 0.532. The Morgan fingerprint density at radius 3 is 1.90 bits per heavy atom. The highest BCUT2D eigenvalue weighted by Crippen LogP contribution is 2.29. The third-order valence-corrected chi connectivity index (χ3v) is 1.45. The molecule has 0 aromatic rings. The van der Waals surface area contributed by atoms with E-state index in [0.717, 1.165) is 0 Å². The molecule has 0 N–H and O–H groups in total. The van der Waals surface area contributed by atoms with Crippen LogP contribution in [0, 0.1) is 5.41 Å². The molecule has 0 spiro atoms. The normalized spacial score (nSPS) is 13.5. The van der Waals surface area contributed by atoms with Gasteiger partial charge in [0.05, 0.1) is 0 Å². The first-order chi connectivity index (χ1) is 4.39. The second kappa shape index (κ2) is 3.00. The van der Waals surface area contributed by atoms with Gasteiger partial charge in [-0.05, 0) is 17.9 Å². The second-order valence-electron chi connectivity index (χ2n) is 3.37. The lowest BCUT2D eigenvalue weighted by Crippen LogP contribution is -2.08. The van der Waals surface area contributed by atoms with Crippen LogP contribution in [0.4, 0.5) is 4.39 Å². The molecule has 58 valence electrons. The predicted octanol–water partition coefficient (Wildman–Crippen LogP) is 3.46. The fraction of sp³-hybridized carbons (Fsp3) is 0.556. The molecule has 0 radical (unpaired) electrons. The molecule has 10 heavy (non-hydrogen) atoms. The van der Waals surface area contributed by atoms with Crippen LogP contribution in [0.25, 0.3) is 0 Å². The Hall–Kier alpha value is -0.590. The molecule has 0 aromatic heterocycles. The van der Waals surface area contributed by atoms with Gasteiger partial charge in [-0.1, -0.05) is 33.4 Å². The zero-order valence-electron chi connectivity index (χ0n) is 7.16. The molecule has 0 saturated carbocycles. The van der Waals surface area contributed by atoms with Crippen LogP contribution in [0.3, 0.4) is 0 Å². The SMILES string of the molecule is C=C(C(F)=CC)C(C)(C)C. The van der Waals surface area contributed by atoms with Crippen molar-refractivity contribution in [2.24, 2.45) is 5.41 Å². The quantitative estimate of drug-likeness (QED) is 0.492. The van der Waals surface area contributed by atoms with E-state index in [1.165, 1.54) is 6.08 Å². The first-order valence-electron chi connectivity index (χ1n) is 3.41. The molecule has 0 aliphatic rings. The van der Waals surface area contributed by atoms with Crippen LogP contribution in [0.1, 0.15) is 27.7 Å². The van der Waals surface area contributed by atoms with Gasteiger partial charge in [0.1, 0.15) is 5.83 Å². The topological polar surface area (TPSA) is 0 Å². The first-order valence-corrected chi connectivity index (χ1v) is 3.41. The lowest BCUT2D eigenvalue weighted by molar-refractivity contribution is 0.476. The molecule has 0 heterocycles. The molecule has 0 amide bonds. The van der Waals surface area contributed by atoms with Crippen LogP contribution < -0.4 is 0 Å². The summed E-state index contributed by atoms with van der Waals surface area (Å²) in [5, 5.41) is 0. The van der Waals surface area contributed by atoms with Gasteiger partial charge in [-0.3, -0.25) is 0 Å². The molecule has 1 heteroatoms. The van der Waals surface area contributed by atoms with Crippen molar-refractivity contribution < 1.29 is 4.39 Å². The highest BCUT2D eigenvalue weighted by molar-refractivity contribution is 5.26. The maximum absolute atomic E-state index is 12.8. The van der Waals surface area contributed by atoms with Gasteiger partial charge in [-0.25, -0.2) is 4.39 Å². The molecule has 0 unspecified atom stereocenters. The van der Waals surface area contributed by atoms with E-state index in [-0.39, 0.29) is 11.2 Å². The number of halogens is 1. The number of rotatable bonds is 1. The van der Waals surface area contributed by atoms with Crippen molar-refractivity contribution >= 4 is 0 Å². The molecule has 0 aromatic carbocycles. The second-order valence-corrected chi connectivity index (χ2v) is 3.37. The Balaban J connectivity index is 4.39. The van der Waals surface area contributed by atoms with Gasteiger partial charge in [0.2, 0.25) is 0 Å². The van der Waals surface area contributed by atoms with Crippen molar-refractivity contribution in [1.82, 2.24) is 0 Å². The zero-order valence-corrected chi connectivity index (χ0v) is 7.16. The Morgan fingerprint density at radius 1 is 1.40 bits per heavy atom. The van der Waals surface area contributed by atoms with Crippen molar-refractivity contribution in [2.75, 3.05) is 0 Å². The van der Waals surface area contributed by atoms with E-state index in [0.29, 0.717) is 5.57 Å². The van der Waals surface area contributed by atoms with E-state index < -0.39 is 0 Å². The van der Waals surface area contributed by atoms with Crippen LogP contribution >= 0.6 is 0 Å². The maximum atomic E-state index is 12.8. The summed E-state index contributed by atoms with van der Waals surface area (Å²) >= 11 is 0. The molecule has 0 atom stereocenters. The lowest BCUT2D eigenvalue weighted by Gasteiger charge is -2.19. The molecule has 0 aliphatic heterocycles. The Kier molecular flexibility index (Phi) is 2.82. The van der Waals surface area contributed by atoms with E-state index >= 15 is 0 Å². The van der Waals surface area contributed by atoms with Crippen molar-refractivity contribution in [3.05, 3.63) is 24.1 Å². The molecule has 0 aliphatic carbocycles. The number of hydrogen-bond donors (Lipinski definition) is 0. The van der Waals surface area contributed by atoms with Gasteiger partial charge < -0.3 is 0 Å². The van der Waals surface area contributed by atoms with Gasteiger partial charge in [0, 0.05) is 0 Å². The van der Waals surface area contributed by atoms with Gasteiger partial charge in [0.15, 0.2) is 0 Å². The van der Waals surface area contributed by atoms with E-state index in [2.05, 4.69) is 6.58 Å². The van der Waals surface area contributed by atoms with Crippen LogP contribution in [0.15, 0.2) is 24.1 Å². The highest BCUT2D eigenvalue weighted by atomic mass is 19.1. The summed E-state index contributed by atoms with van der Waals surface area (Å²) in [6, 6.07) is 0. The van der Waals surface area contributed by atoms with Crippen molar-refractivity contribution in [2.45, 2.75) is 27.7 Å². The largest absolute Gasteiger partial charge is 0.207 e. The molecular formula is C9H15F. The fourth-order valence-corrected chi connectivity index (χ4v) is 0.532. The Labute approximate surface area is 62.4 Å². The van der Waals surface area contributed by atoms with Gasteiger partial charge in [-0.2, -0.15) is 0 Å². The molecule has 0 rings (SSSR count). The minimum atomic E-state index is -0.201. The van der Waals surface area contributed by atoms with E-state index in [1.807, 2.05) is 20.8 Å². The maximum Gasteiger partial charge on any atom is 0.122 e. The standard InChI is InChI=1S/C9H15F/c1-6-8(10)7(2)9(3,4)5/h6H,2H2,1,3-5H3.